The monoisotopic (exact) mass is 327 g/mol. The van der Waals surface area contributed by atoms with Crippen LogP contribution in [0.5, 0.6) is 0 Å². The van der Waals surface area contributed by atoms with Crippen molar-refractivity contribution in [2.24, 2.45) is 5.41 Å². The van der Waals surface area contributed by atoms with Crippen LogP contribution in [0.15, 0.2) is 28.7 Å². The first kappa shape index (κ1) is 15.7. The minimum atomic E-state index is -1.17. The highest BCUT2D eigenvalue weighted by molar-refractivity contribution is 9.10. The topological polar surface area (TPSA) is 46.6 Å². The molecule has 0 heterocycles. The van der Waals surface area contributed by atoms with Gasteiger partial charge in [-0.3, -0.25) is 9.59 Å². The summed E-state index contributed by atoms with van der Waals surface area (Å²) in [6, 6.07) is 7.70. The van der Waals surface area contributed by atoms with Gasteiger partial charge in [-0.2, -0.15) is 0 Å². The van der Waals surface area contributed by atoms with Crippen LogP contribution in [0.4, 0.5) is 0 Å². The van der Waals surface area contributed by atoms with E-state index in [0.717, 1.165) is 10.0 Å². The standard InChI is InChI=1S/C14H18BrNO3/c1-14(2,13(18)19-4)12(17)16(3)9-10-6-5-7-11(15)8-10/h5-8H,9H2,1-4H3. The van der Waals surface area contributed by atoms with E-state index < -0.39 is 11.4 Å². The van der Waals surface area contributed by atoms with Crippen molar-refractivity contribution in [1.82, 2.24) is 4.90 Å². The van der Waals surface area contributed by atoms with E-state index in [-0.39, 0.29) is 5.91 Å². The molecule has 0 aliphatic heterocycles. The van der Waals surface area contributed by atoms with Gasteiger partial charge in [0.2, 0.25) is 5.91 Å². The Balaban J connectivity index is 2.81. The average molecular weight is 328 g/mol. The van der Waals surface area contributed by atoms with E-state index >= 15 is 0 Å². The van der Waals surface area contributed by atoms with Crippen LogP contribution >= 0.6 is 15.9 Å². The number of ether oxygens (including phenoxy) is 1. The van der Waals surface area contributed by atoms with Crippen molar-refractivity contribution in [3.8, 4) is 0 Å². The Bertz CT molecular complexity index is 485. The van der Waals surface area contributed by atoms with Gasteiger partial charge in [0.15, 0.2) is 0 Å². The molecule has 0 radical (unpaired) electrons. The first-order chi connectivity index (χ1) is 8.78. The van der Waals surface area contributed by atoms with Gasteiger partial charge in [-0.15, -0.1) is 0 Å². The van der Waals surface area contributed by atoms with Crippen molar-refractivity contribution < 1.29 is 14.3 Å². The van der Waals surface area contributed by atoms with Crippen molar-refractivity contribution in [2.45, 2.75) is 20.4 Å². The molecule has 1 aromatic rings. The van der Waals surface area contributed by atoms with Crippen LogP contribution in [0.2, 0.25) is 0 Å². The summed E-state index contributed by atoms with van der Waals surface area (Å²) in [5, 5.41) is 0. The fourth-order valence-electron chi connectivity index (χ4n) is 1.80. The number of hydrogen-bond donors (Lipinski definition) is 0. The summed E-state index contributed by atoms with van der Waals surface area (Å²) < 4.78 is 5.62. The van der Waals surface area contributed by atoms with Gasteiger partial charge in [-0.05, 0) is 31.5 Å². The summed E-state index contributed by atoms with van der Waals surface area (Å²) in [4.78, 5) is 25.4. The van der Waals surface area contributed by atoms with Crippen LogP contribution in [-0.2, 0) is 20.9 Å². The number of carbonyl (C=O) groups excluding carboxylic acids is 2. The van der Waals surface area contributed by atoms with Crippen molar-refractivity contribution in [3.05, 3.63) is 34.3 Å². The number of hydrogen-bond acceptors (Lipinski definition) is 3. The van der Waals surface area contributed by atoms with Crippen molar-refractivity contribution >= 4 is 27.8 Å². The Hall–Kier alpha value is -1.36. The Labute approximate surface area is 121 Å². The molecule has 0 N–H and O–H groups in total. The highest BCUT2D eigenvalue weighted by atomic mass is 79.9. The summed E-state index contributed by atoms with van der Waals surface area (Å²) in [6.07, 6.45) is 0. The normalized spacial score (nSPS) is 11.0. The van der Waals surface area contributed by atoms with E-state index in [1.54, 1.807) is 20.9 Å². The maximum atomic E-state index is 12.3. The van der Waals surface area contributed by atoms with Gasteiger partial charge in [-0.25, -0.2) is 0 Å². The molecule has 0 saturated heterocycles. The Morgan fingerprint density at radius 2 is 2.00 bits per heavy atom. The minimum Gasteiger partial charge on any atom is -0.468 e. The predicted molar refractivity (Wildman–Crippen MR) is 76.4 cm³/mol. The van der Waals surface area contributed by atoms with E-state index in [4.69, 9.17) is 0 Å². The SMILES string of the molecule is COC(=O)C(C)(C)C(=O)N(C)Cc1cccc(Br)c1. The second kappa shape index (κ2) is 6.19. The van der Waals surface area contributed by atoms with E-state index in [1.165, 1.54) is 12.0 Å². The predicted octanol–water partition coefficient (Wildman–Crippen LogP) is 2.61. The third kappa shape index (κ3) is 3.80. The van der Waals surface area contributed by atoms with Crippen LogP contribution in [0.1, 0.15) is 19.4 Å². The third-order valence-corrected chi connectivity index (χ3v) is 3.38. The summed E-state index contributed by atoms with van der Waals surface area (Å²) >= 11 is 3.39. The van der Waals surface area contributed by atoms with E-state index in [2.05, 4.69) is 20.7 Å². The van der Waals surface area contributed by atoms with Gasteiger partial charge in [0.05, 0.1) is 7.11 Å². The number of carbonyl (C=O) groups is 2. The van der Waals surface area contributed by atoms with Crippen LogP contribution in [0.25, 0.3) is 0 Å². The number of halogens is 1. The van der Waals surface area contributed by atoms with Crippen molar-refractivity contribution in [3.63, 3.8) is 0 Å². The molecule has 0 aliphatic rings. The molecule has 0 bridgehead atoms. The maximum Gasteiger partial charge on any atom is 0.320 e. The summed E-state index contributed by atoms with van der Waals surface area (Å²) in [5.74, 6) is -0.794. The van der Waals surface area contributed by atoms with Gasteiger partial charge >= 0.3 is 5.97 Å². The first-order valence-corrected chi connectivity index (χ1v) is 6.66. The van der Waals surface area contributed by atoms with Crippen LogP contribution in [-0.4, -0.2) is 30.9 Å². The number of esters is 1. The molecule has 0 spiro atoms. The Morgan fingerprint density at radius 1 is 1.37 bits per heavy atom. The summed E-state index contributed by atoms with van der Waals surface area (Å²) in [7, 11) is 2.96. The molecule has 19 heavy (non-hydrogen) atoms. The smallest absolute Gasteiger partial charge is 0.320 e. The number of rotatable bonds is 4. The molecule has 1 aromatic carbocycles. The third-order valence-electron chi connectivity index (χ3n) is 2.89. The second-order valence-corrected chi connectivity index (χ2v) is 5.82. The van der Waals surface area contributed by atoms with Gasteiger partial charge < -0.3 is 9.64 Å². The molecule has 0 fully saturated rings. The summed E-state index contributed by atoms with van der Waals surface area (Å²) in [6.45, 7) is 3.58. The fourth-order valence-corrected chi connectivity index (χ4v) is 2.25. The van der Waals surface area contributed by atoms with Crippen molar-refractivity contribution in [2.75, 3.05) is 14.2 Å². The summed E-state index contributed by atoms with van der Waals surface area (Å²) in [5.41, 5.74) is -0.180. The van der Waals surface area contributed by atoms with E-state index in [1.807, 2.05) is 24.3 Å². The minimum absolute atomic E-state index is 0.265. The Morgan fingerprint density at radius 3 is 2.53 bits per heavy atom. The zero-order valence-electron chi connectivity index (χ0n) is 11.6. The maximum absolute atomic E-state index is 12.3. The molecule has 0 unspecified atom stereocenters. The molecule has 104 valence electrons. The Kier molecular flexibility index (Phi) is 5.11. The molecule has 5 heteroatoms. The van der Waals surface area contributed by atoms with Crippen LogP contribution in [0, 0.1) is 5.41 Å². The zero-order valence-corrected chi connectivity index (χ0v) is 13.2. The van der Waals surface area contributed by atoms with E-state index in [0.29, 0.717) is 6.54 Å². The number of nitrogens with zero attached hydrogens (tertiary/aromatic N) is 1. The number of amides is 1. The van der Waals surface area contributed by atoms with Gasteiger partial charge in [0.25, 0.3) is 0 Å². The van der Waals surface area contributed by atoms with Crippen LogP contribution in [0.3, 0.4) is 0 Å². The lowest BCUT2D eigenvalue weighted by molar-refractivity contribution is -0.160. The van der Waals surface area contributed by atoms with Gasteiger partial charge in [0.1, 0.15) is 5.41 Å². The van der Waals surface area contributed by atoms with Crippen molar-refractivity contribution in [1.29, 1.82) is 0 Å². The van der Waals surface area contributed by atoms with Gasteiger partial charge in [-0.1, -0.05) is 28.1 Å². The highest BCUT2D eigenvalue weighted by Crippen LogP contribution is 2.22. The molecule has 0 aliphatic carbocycles. The molecule has 0 aromatic heterocycles. The van der Waals surface area contributed by atoms with Crippen LogP contribution < -0.4 is 0 Å². The van der Waals surface area contributed by atoms with E-state index in [9.17, 15) is 9.59 Å². The molecule has 1 rings (SSSR count). The van der Waals surface area contributed by atoms with Gasteiger partial charge in [0, 0.05) is 18.1 Å². The quantitative estimate of drug-likeness (QED) is 0.630. The number of benzene rings is 1. The largest absolute Gasteiger partial charge is 0.468 e. The molecular weight excluding hydrogens is 310 g/mol. The zero-order chi connectivity index (χ0) is 14.6. The molecule has 0 atom stereocenters. The lowest BCUT2D eigenvalue weighted by Gasteiger charge is -2.27. The highest BCUT2D eigenvalue weighted by Gasteiger charge is 2.39. The molecule has 1 amide bonds. The second-order valence-electron chi connectivity index (χ2n) is 4.91. The average Bonchev–Trinajstić information content (AvgIpc) is 2.36. The number of methoxy groups -OCH3 is 1. The first-order valence-electron chi connectivity index (χ1n) is 5.87. The lowest BCUT2D eigenvalue weighted by atomic mass is 9.91. The molecule has 4 nitrogen and oxygen atoms in total. The lowest BCUT2D eigenvalue weighted by Crippen LogP contribution is -2.43. The molecule has 0 saturated carbocycles. The fraction of sp³-hybridized carbons (Fsp3) is 0.429. The molecular formula is C14H18BrNO3.